The van der Waals surface area contributed by atoms with E-state index in [1.807, 2.05) is 0 Å². The SMILES string of the molecule is CCC1NC(=O)OC1C(=O)O. The van der Waals surface area contributed by atoms with Gasteiger partial charge in [-0.2, -0.15) is 0 Å². The molecule has 0 saturated carbocycles. The van der Waals surface area contributed by atoms with Crippen molar-refractivity contribution in [3.63, 3.8) is 0 Å². The third kappa shape index (κ3) is 1.42. The Bertz CT molecular complexity index is 191. The van der Waals surface area contributed by atoms with Crippen LogP contribution in [0.2, 0.25) is 0 Å². The normalized spacial score (nSPS) is 29.4. The van der Waals surface area contributed by atoms with E-state index in [-0.39, 0.29) is 6.04 Å². The fraction of sp³-hybridized carbons (Fsp3) is 0.667. The first kappa shape index (κ1) is 7.84. The van der Waals surface area contributed by atoms with E-state index in [1.54, 1.807) is 6.92 Å². The lowest BCUT2D eigenvalue weighted by Crippen LogP contribution is -2.35. The van der Waals surface area contributed by atoms with Gasteiger partial charge in [-0.15, -0.1) is 0 Å². The van der Waals surface area contributed by atoms with Gasteiger partial charge in [-0.05, 0) is 6.42 Å². The Balaban J connectivity index is 2.64. The Labute approximate surface area is 63.3 Å². The van der Waals surface area contributed by atoms with Gasteiger partial charge in [0.2, 0.25) is 6.10 Å². The molecule has 1 aliphatic rings. The highest BCUT2D eigenvalue weighted by Crippen LogP contribution is 2.11. The van der Waals surface area contributed by atoms with Crippen LogP contribution >= 0.6 is 0 Å². The van der Waals surface area contributed by atoms with Gasteiger partial charge in [0.15, 0.2) is 0 Å². The minimum atomic E-state index is -1.10. The van der Waals surface area contributed by atoms with Crippen molar-refractivity contribution in [3.8, 4) is 0 Å². The van der Waals surface area contributed by atoms with E-state index in [1.165, 1.54) is 0 Å². The molecule has 5 heteroatoms. The molecule has 1 fully saturated rings. The molecule has 0 radical (unpaired) electrons. The largest absolute Gasteiger partial charge is 0.478 e. The van der Waals surface area contributed by atoms with E-state index in [9.17, 15) is 9.59 Å². The Morgan fingerprint density at radius 1 is 1.82 bits per heavy atom. The summed E-state index contributed by atoms with van der Waals surface area (Å²) in [6.45, 7) is 1.79. The third-order valence-electron chi connectivity index (χ3n) is 1.59. The number of carbonyl (C=O) groups excluding carboxylic acids is 1. The Morgan fingerprint density at radius 3 is 2.82 bits per heavy atom. The van der Waals surface area contributed by atoms with Crippen LogP contribution in [0.4, 0.5) is 4.79 Å². The van der Waals surface area contributed by atoms with Crippen LogP contribution in [0.1, 0.15) is 13.3 Å². The molecular weight excluding hydrogens is 150 g/mol. The second kappa shape index (κ2) is 2.77. The molecule has 0 bridgehead atoms. The van der Waals surface area contributed by atoms with Gasteiger partial charge in [-0.25, -0.2) is 9.59 Å². The van der Waals surface area contributed by atoms with Gasteiger partial charge >= 0.3 is 12.1 Å². The monoisotopic (exact) mass is 159 g/mol. The number of carboxylic acid groups (broad SMARTS) is 1. The number of hydrogen-bond acceptors (Lipinski definition) is 3. The predicted octanol–water partition coefficient (Wildman–Crippen LogP) is -0.0420. The molecule has 0 aliphatic carbocycles. The van der Waals surface area contributed by atoms with Gasteiger partial charge in [-0.3, -0.25) is 0 Å². The maximum Gasteiger partial charge on any atom is 0.408 e. The zero-order chi connectivity index (χ0) is 8.43. The predicted molar refractivity (Wildman–Crippen MR) is 35.1 cm³/mol. The van der Waals surface area contributed by atoms with E-state index in [2.05, 4.69) is 10.1 Å². The van der Waals surface area contributed by atoms with Crippen molar-refractivity contribution in [1.29, 1.82) is 0 Å². The molecule has 5 nitrogen and oxygen atoms in total. The summed E-state index contributed by atoms with van der Waals surface area (Å²) in [6, 6.07) is -0.389. The molecule has 1 heterocycles. The standard InChI is InChI=1S/C6H9NO4/c1-2-3-4(5(8)9)11-6(10)7-3/h3-4H,2H2,1H3,(H,7,10)(H,8,9). The highest BCUT2D eigenvalue weighted by Gasteiger charge is 2.37. The van der Waals surface area contributed by atoms with Crippen LogP contribution in [0.3, 0.4) is 0 Å². The molecule has 11 heavy (non-hydrogen) atoms. The second-order valence-corrected chi connectivity index (χ2v) is 2.32. The second-order valence-electron chi connectivity index (χ2n) is 2.32. The maximum atomic E-state index is 10.5. The van der Waals surface area contributed by atoms with Crippen molar-refractivity contribution in [2.24, 2.45) is 0 Å². The molecule has 2 unspecified atom stereocenters. The van der Waals surface area contributed by atoms with E-state index in [0.29, 0.717) is 6.42 Å². The molecule has 62 valence electrons. The molecule has 0 aromatic rings. The fourth-order valence-electron chi connectivity index (χ4n) is 0.997. The molecular formula is C6H9NO4. The first-order valence-corrected chi connectivity index (χ1v) is 3.35. The quantitative estimate of drug-likeness (QED) is 0.592. The number of carboxylic acids is 1. The summed E-state index contributed by atoms with van der Waals surface area (Å²) in [6.07, 6.45) is -1.11. The summed E-state index contributed by atoms with van der Waals surface area (Å²) >= 11 is 0. The van der Waals surface area contributed by atoms with E-state index in [0.717, 1.165) is 0 Å². The molecule has 1 aliphatic heterocycles. The number of carbonyl (C=O) groups is 2. The summed E-state index contributed by atoms with van der Waals surface area (Å²) < 4.78 is 4.48. The number of amides is 1. The summed E-state index contributed by atoms with van der Waals surface area (Å²) in [7, 11) is 0. The van der Waals surface area contributed by atoms with Gasteiger partial charge in [0.1, 0.15) is 0 Å². The zero-order valence-corrected chi connectivity index (χ0v) is 6.03. The number of nitrogens with one attached hydrogen (secondary N) is 1. The minimum Gasteiger partial charge on any atom is -0.478 e. The highest BCUT2D eigenvalue weighted by molar-refractivity contribution is 5.82. The number of cyclic esters (lactones) is 1. The first-order chi connectivity index (χ1) is 5.15. The Morgan fingerprint density at radius 2 is 2.45 bits per heavy atom. The van der Waals surface area contributed by atoms with Crippen molar-refractivity contribution in [1.82, 2.24) is 5.32 Å². The number of ether oxygens (including phenoxy) is 1. The third-order valence-corrected chi connectivity index (χ3v) is 1.59. The van der Waals surface area contributed by atoms with Crippen LogP contribution in [-0.2, 0) is 9.53 Å². The van der Waals surface area contributed by atoms with Crippen molar-refractivity contribution in [2.45, 2.75) is 25.5 Å². The van der Waals surface area contributed by atoms with Crippen molar-refractivity contribution in [2.75, 3.05) is 0 Å². The number of alkyl carbamates (subject to hydrolysis) is 1. The topological polar surface area (TPSA) is 75.6 Å². The van der Waals surface area contributed by atoms with Gasteiger partial charge in [0, 0.05) is 0 Å². The molecule has 1 amide bonds. The van der Waals surface area contributed by atoms with Crippen molar-refractivity contribution >= 4 is 12.1 Å². The van der Waals surface area contributed by atoms with E-state index < -0.39 is 18.2 Å². The Kier molecular flexibility index (Phi) is 1.98. The van der Waals surface area contributed by atoms with Crippen molar-refractivity contribution < 1.29 is 19.4 Å². The summed E-state index contributed by atoms with van der Waals surface area (Å²) in [4.78, 5) is 20.9. The number of rotatable bonds is 2. The average Bonchev–Trinajstić information content (AvgIpc) is 2.30. The molecule has 0 spiro atoms. The zero-order valence-electron chi connectivity index (χ0n) is 6.03. The summed E-state index contributed by atoms with van der Waals surface area (Å²) in [5, 5.41) is 10.9. The molecule has 2 N–H and O–H groups in total. The van der Waals surface area contributed by atoms with Crippen LogP contribution in [0.15, 0.2) is 0 Å². The van der Waals surface area contributed by atoms with Gasteiger partial charge in [-0.1, -0.05) is 6.92 Å². The smallest absolute Gasteiger partial charge is 0.408 e. The van der Waals surface area contributed by atoms with Gasteiger partial charge in [0.05, 0.1) is 6.04 Å². The van der Waals surface area contributed by atoms with E-state index >= 15 is 0 Å². The Hall–Kier alpha value is -1.26. The molecule has 1 rings (SSSR count). The van der Waals surface area contributed by atoms with Crippen LogP contribution < -0.4 is 5.32 Å². The average molecular weight is 159 g/mol. The first-order valence-electron chi connectivity index (χ1n) is 3.35. The van der Waals surface area contributed by atoms with Crippen LogP contribution in [0.5, 0.6) is 0 Å². The molecule has 0 aromatic heterocycles. The molecule has 2 atom stereocenters. The lowest BCUT2D eigenvalue weighted by Gasteiger charge is -2.08. The van der Waals surface area contributed by atoms with Crippen LogP contribution in [0, 0.1) is 0 Å². The lowest BCUT2D eigenvalue weighted by atomic mass is 10.1. The minimum absolute atomic E-state index is 0.389. The fourth-order valence-corrected chi connectivity index (χ4v) is 0.997. The van der Waals surface area contributed by atoms with Crippen LogP contribution in [-0.4, -0.2) is 29.3 Å². The van der Waals surface area contributed by atoms with E-state index in [4.69, 9.17) is 5.11 Å². The van der Waals surface area contributed by atoms with Crippen LogP contribution in [0.25, 0.3) is 0 Å². The molecule has 1 saturated heterocycles. The van der Waals surface area contributed by atoms with Gasteiger partial charge in [0.25, 0.3) is 0 Å². The number of aliphatic carboxylic acids is 1. The maximum absolute atomic E-state index is 10.5. The van der Waals surface area contributed by atoms with Gasteiger partial charge < -0.3 is 15.2 Å². The summed E-state index contributed by atoms with van der Waals surface area (Å²) in [5.74, 6) is -1.10. The highest BCUT2D eigenvalue weighted by atomic mass is 16.6. The van der Waals surface area contributed by atoms with Crippen molar-refractivity contribution in [3.05, 3.63) is 0 Å². The lowest BCUT2D eigenvalue weighted by molar-refractivity contribution is -0.145. The number of hydrogen-bond donors (Lipinski definition) is 2. The summed E-state index contributed by atoms with van der Waals surface area (Å²) in [5.41, 5.74) is 0. The molecule has 0 aromatic carbocycles.